The number of nitrogens with one attached hydrogen (secondary N) is 1. The Balaban J connectivity index is 1.47. The molecule has 6 nitrogen and oxygen atoms in total. The number of para-hydroxylation sites is 1. The largest absolute Gasteiger partial charge is 0.497 e. The average molecular weight is 451 g/mol. The summed E-state index contributed by atoms with van der Waals surface area (Å²) in [6, 6.07) is 21.2. The number of methoxy groups -OCH3 is 1. The van der Waals surface area contributed by atoms with Gasteiger partial charge in [-0.05, 0) is 67.3 Å². The first-order chi connectivity index (χ1) is 15.4. The van der Waals surface area contributed by atoms with Gasteiger partial charge in [-0.15, -0.1) is 0 Å². The van der Waals surface area contributed by atoms with E-state index in [0.29, 0.717) is 30.6 Å². The molecule has 0 saturated heterocycles. The monoisotopic (exact) mass is 450 g/mol. The molecule has 1 heterocycles. The molecule has 0 bridgehead atoms. The lowest BCUT2D eigenvalue weighted by atomic mass is 10.1. The summed E-state index contributed by atoms with van der Waals surface area (Å²) in [4.78, 5) is 12.8. The molecule has 1 atom stereocenters. The van der Waals surface area contributed by atoms with Crippen LogP contribution < -0.4 is 14.4 Å². The topological polar surface area (TPSA) is 75.7 Å². The van der Waals surface area contributed by atoms with Gasteiger partial charge in [0.15, 0.2) is 0 Å². The third-order valence-corrected chi connectivity index (χ3v) is 7.58. The number of anilines is 1. The van der Waals surface area contributed by atoms with E-state index in [2.05, 4.69) is 5.32 Å². The lowest BCUT2D eigenvalue weighted by Gasteiger charge is -2.24. The number of nitrogens with zero attached hydrogens (tertiary/aromatic N) is 1. The SMILES string of the molecule is COc1ccc(CCNC(=O)c2cccc(S(=O)(=O)N3c4ccccc4C[C@H]3C)c2)cc1. The fourth-order valence-corrected chi connectivity index (χ4v) is 5.77. The molecule has 3 aromatic rings. The number of fused-ring (bicyclic) bond motifs is 1. The highest BCUT2D eigenvalue weighted by molar-refractivity contribution is 7.92. The van der Waals surface area contributed by atoms with Crippen molar-refractivity contribution >= 4 is 21.6 Å². The van der Waals surface area contributed by atoms with Gasteiger partial charge in [-0.1, -0.05) is 36.4 Å². The Morgan fingerprint density at radius 3 is 2.56 bits per heavy atom. The van der Waals surface area contributed by atoms with Gasteiger partial charge in [0.05, 0.1) is 17.7 Å². The fourth-order valence-electron chi connectivity index (χ4n) is 4.03. The summed E-state index contributed by atoms with van der Waals surface area (Å²) in [6.45, 7) is 2.34. The Kier molecular flexibility index (Phi) is 6.19. The third kappa shape index (κ3) is 4.34. The van der Waals surface area contributed by atoms with Crippen molar-refractivity contribution in [3.05, 3.63) is 89.5 Å². The van der Waals surface area contributed by atoms with Crippen molar-refractivity contribution in [2.45, 2.75) is 30.7 Å². The van der Waals surface area contributed by atoms with Crippen LogP contribution in [-0.2, 0) is 22.9 Å². The molecule has 0 spiro atoms. The second-order valence-electron chi connectivity index (χ2n) is 7.86. The van der Waals surface area contributed by atoms with Crippen LogP contribution in [0, 0.1) is 0 Å². The van der Waals surface area contributed by atoms with Gasteiger partial charge in [0, 0.05) is 18.2 Å². The highest BCUT2D eigenvalue weighted by Gasteiger charge is 2.36. The third-order valence-electron chi connectivity index (χ3n) is 5.66. The van der Waals surface area contributed by atoms with Crippen LogP contribution in [0.15, 0.2) is 77.7 Å². The minimum absolute atomic E-state index is 0.115. The van der Waals surface area contributed by atoms with Crippen LogP contribution in [0.5, 0.6) is 5.75 Å². The smallest absolute Gasteiger partial charge is 0.264 e. The molecule has 0 saturated carbocycles. The van der Waals surface area contributed by atoms with Crippen LogP contribution in [0.4, 0.5) is 5.69 Å². The predicted molar refractivity (Wildman–Crippen MR) is 125 cm³/mol. The van der Waals surface area contributed by atoms with E-state index in [1.54, 1.807) is 19.2 Å². The molecular weight excluding hydrogens is 424 g/mol. The summed E-state index contributed by atoms with van der Waals surface area (Å²) in [6.07, 6.45) is 1.33. The zero-order chi connectivity index (χ0) is 22.7. The number of sulfonamides is 1. The molecule has 32 heavy (non-hydrogen) atoms. The Labute approximate surface area is 188 Å². The maximum absolute atomic E-state index is 13.4. The molecule has 3 aromatic carbocycles. The van der Waals surface area contributed by atoms with Crippen molar-refractivity contribution in [3.63, 3.8) is 0 Å². The van der Waals surface area contributed by atoms with Gasteiger partial charge >= 0.3 is 0 Å². The second kappa shape index (κ2) is 9.04. The molecule has 0 radical (unpaired) electrons. The molecule has 1 aliphatic heterocycles. The molecule has 0 fully saturated rings. The summed E-state index contributed by atoms with van der Waals surface area (Å²) >= 11 is 0. The van der Waals surface area contributed by atoms with Crippen LogP contribution in [0.3, 0.4) is 0 Å². The van der Waals surface area contributed by atoms with E-state index in [9.17, 15) is 13.2 Å². The molecule has 1 aliphatic rings. The number of carbonyl (C=O) groups excluding carboxylic acids is 1. The van der Waals surface area contributed by atoms with Gasteiger partial charge in [-0.3, -0.25) is 9.10 Å². The van der Waals surface area contributed by atoms with Crippen LogP contribution in [0.25, 0.3) is 0 Å². The van der Waals surface area contributed by atoms with E-state index in [1.165, 1.54) is 16.4 Å². The number of rotatable bonds is 7. The van der Waals surface area contributed by atoms with Crippen molar-refractivity contribution < 1.29 is 17.9 Å². The summed E-state index contributed by atoms with van der Waals surface area (Å²) in [5, 5.41) is 2.87. The molecule has 166 valence electrons. The van der Waals surface area contributed by atoms with Crippen LogP contribution in [0.1, 0.15) is 28.4 Å². The van der Waals surface area contributed by atoms with Gasteiger partial charge in [0.25, 0.3) is 15.9 Å². The number of ether oxygens (including phenoxy) is 1. The molecule has 0 aliphatic carbocycles. The molecular formula is C25H26N2O4S. The van der Waals surface area contributed by atoms with Gasteiger partial charge in [-0.2, -0.15) is 0 Å². The molecule has 1 amide bonds. The van der Waals surface area contributed by atoms with Gasteiger partial charge < -0.3 is 10.1 Å². The van der Waals surface area contributed by atoms with Crippen molar-refractivity contribution in [3.8, 4) is 5.75 Å². The fraction of sp³-hybridized carbons (Fsp3) is 0.240. The summed E-state index contributed by atoms with van der Waals surface area (Å²) in [5.41, 5.74) is 3.11. The molecule has 7 heteroatoms. The summed E-state index contributed by atoms with van der Waals surface area (Å²) in [5.74, 6) is 0.483. The minimum Gasteiger partial charge on any atom is -0.497 e. The van der Waals surface area contributed by atoms with Crippen LogP contribution in [0.2, 0.25) is 0 Å². The minimum atomic E-state index is -3.79. The van der Waals surface area contributed by atoms with Crippen LogP contribution in [-0.4, -0.2) is 34.0 Å². The maximum Gasteiger partial charge on any atom is 0.264 e. The first-order valence-electron chi connectivity index (χ1n) is 10.5. The van der Waals surface area contributed by atoms with E-state index in [-0.39, 0.29) is 16.8 Å². The van der Waals surface area contributed by atoms with Crippen molar-refractivity contribution in [1.29, 1.82) is 0 Å². The van der Waals surface area contributed by atoms with Gasteiger partial charge in [-0.25, -0.2) is 8.42 Å². The molecule has 4 rings (SSSR count). The summed E-state index contributed by atoms with van der Waals surface area (Å²) in [7, 11) is -2.17. The Morgan fingerprint density at radius 2 is 1.81 bits per heavy atom. The molecule has 1 N–H and O–H groups in total. The number of benzene rings is 3. The van der Waals surface area contributed by atoms with Crippen molar-refractivity contribution in [2.75, 3.05) is 18.0 Å². The number of amides is 1. The number of carbonyl (C=O) groups is 1. The van der Waals surface area contributed by atoms with Crippen molar-refractivity contribution in [1.82, 2.24) is 5.32 Å². The second-order valence-corrected chi connectivity index (χ2v) is 9.68. The Hall–Kier alpha value is -3.32. The average Bonchev–Trinajstić information content (AvgIpc) is 3.16. The Morgan fingerprint density at radius 1 is 1.06 bits per heavy atom. The lowest BCUT2D eigenvalue weighted by molar-refractivity contribution is 0.0954. The van der Waals surface area contributed by atoms with E-state index in [1.807, 2.05) is 55.5 Å². The Bertz CT molecular complexity index is 1220. The van der Waals surface area contributed by atoms with Gasteiger partial charge in [0.1, 0.15) is 5.75 Å². The number of hydrogen-bond donors (Lipinski definition) is 1. The van der Waals surface area contributed by atoms with Gasteiger partial charge in [0.2, 0.25) is 0 Å². The first kappa shape index (κ1) is 21.9. The van der Waals surface area contributed by atoms with Crippen LogP contribution >= 0.6 is 0 Å². The molecule has 0 aromatic heterocycles. The first-order valence-corrected chi connectivity index (χ1v) is 12.0. The molecule has 0 unspecified atom stereocenters. The zero-order valence-electron chi connectivity index (χ0n) is 18.1. The predicted octanol–water partition coefficient (Wildman–Crippen LogP) is 3.81. The quantitative estimate of drug-likeness (QED) is 0.594. The van der Waals surface area contributed by atoms with E-state index in [4.69, 9.17) is 4.74 Å². The normalized spacial score (nSPS) is 15.3. The zero-order valence-corrected chi connectivity index (χ0v) is 18.9. The van der Waals surface area contributed by atoms with E-state index >= 15 is 0 Å². The van der Waals surface area contributed by atoms with Crippen molar-refractivity contribution in [2.24, 2.45) is 0 Å². The maximum atomic E-state index is 13.4. The highest BCUT2D eigenvalue weighted by Crippen LogP contribution is 2.36. The highest BCUT2D eigenvalue weighted by atomic mass is 32.2. The standard InChI is InChI=1S/C25H26N2O4S/c1-18-16-20-6-3-4-9-24(20)27(18)32(29,30)23-8-5-7-21(17-23)25(28)26-15-14-19-10-12-22(31-2)13-11-19/h3-13,17-18H,14-16H2,1-2H3,(H,26,28)/t18-/m1/s1. The van der Waals surface area contributed by atoms with E-state index < -0.39 is 10.0 Å². The lowest BCUT2D eigenvalue weighted by Crippen LogP contribution is -2.36. The van der Waals surface area contributed by atoms with E-state index in [0.717, 1.165) is 16.9 Å². The number of hydrogen-bond acceptors (Lipinski definition) is 4. The summed E-state index contributed by atoms with van der Waals surface area (Å²) < 4.78 is 33.4.